The zero-order chi connectivity index (χ0) is 20.8. The number of carbonyl (C=O) groups excluding carboxylic acids is 3. The minimum Gasteiger partial charge on any atom is -0.456 e. The second-order valence-corrected chi connectivity index (χ2v) is 7.29. The fraction of sp³-hybridized carbons (Fsp3) is 0.300. The zero-order valence-electron chi connectivity index (χ0n) is 15.9. The van der Waals surface area contributed by atoms with Crippen LogP contribution in [0.2, 0.25) is 0 Å². The van der Waals surface area contributed by atoms with Gasteiger partial charge in [0.15, 0.2) is 6.61 Å². The number of hydrogen-bond donors (Lipinski definition) is 1. The Morgan fingerprint density at radius 2 is 1.72 bits per heavy atom. The summed E-state index contributed by atoms with van der Waals surface area (Å²) in [5.74, 6) is -1.85. The molecule has 8 nitrogen and oxygen atoms in total. The second-order valence-electron chi connectivity index (χ2n) is 6.34. The number of para-hydroxylation sites is 2. The maximum absolute atomic E-state index is 12.7. The number of amides is 2. The molecule has 0 saturated carbocycles. The summed E-state index contributed by atoms with van der Waals surface area (Å²) in [6, 6.07) is 10.7. The van der Waals surface area contributed by atoms with Gasteiger partial charge in [-0.3, -0.25) is 28.8 Å². The fourth-order valence-electron chi connectivity index (χ4n) is 2.98. The standard InChI is InChI=1S/C20H21N3O5S/c1-2-10-22-14-6-3-4-7-15(14)23(20(22)27)11-9-18(25)28-13-17(24)21-19(26)16-8-5-12-29-16/h3-8,12H,2,9-11,13H2,1H3,(H,21,24,26). The highest BCUT2D eigenvalue weighted by Crippen LogP contribution is 2.13. The van der Waals surface area contributed by atoms with Gasteiger partial charge in [-0.1, -0.05) is 25.1 Å². The molecular weight excluding hydrogens is 394 g/mol. The van der Waals surface area contributed by atoms with Crippen molar-refractivity contribution < 1.29 is 19.1 Å². The third-order valence-corrected chi connectivity index (χ3v) is 5.14. The van der Waals surface area contributed by atoms with E-state index in [1.165, 1.54) is 15.9 Å². The number of carbonyl (C=O) groups is 3. The summed E-state index contributed by atoms with van der Waals surface area (Å²) in [6.07, 6.45) is 0.751. The minimum absolute atomic E-state index is 0.0633. The molecule has 0 bridgehead atoms. The Kier molecular flexibility index (Phi) is 6.61. The van der Waals surface area contributed by atoms with Gasteiger partial charge in [0.2, 0.25) is 0 Å². The van der Waals surface area contributed by atoms with Crippen LogP contribution in [0.15, 0.2) is 46.6 Å². The molecule has 2 heterocycles. The number of rotatable bonds is 8. The van der Waals surface area contributed by atoms with Crippen LogP contribution in [0.25, 0.3) is 11.0 Å². The van der Waals surface area contributed by atoms with Crippen LogP contribution in [-0.2, 0) is 27.4 Å². The highest BCUT2D eigenvalue weighted by Gasteiger charge is 2.16. The molecular formula is C20H21N3O5S. The topological polar surface area (TPSA) is 99.4 Å². The summed E-state index contributed by atoms with van der Waals surface area (Å²) in [5, 5.41) is 3.88. The van der Waals surface area contributed by atoms with Crippen LogP contribution in [0.1, 0.15) is 29.4 Å². The molecule has 3 rings (SSSR count). The Morgan fingerprint density at radius 1 is 1.03 bits per heavy atom. The number of aryl methyl sites for hydroxylation is 2. The van der Waals surface area contributed by atoms with Gasteiger partial charge in [-0.2, -0.15) is 0 Å². The summed E-state index contributed by atoms with van der Waals surface area (Å²) >= 11 is 1.20. The van der Waals surface area contributed by atoms with Gasteiger partial charge in [-0.25, -0.2) is 4.79 Å². The monoisotopic (exact) mass is 415 g/mol. The lowest BCUT2D eigenvalue weighted by Gasteiger charge is -2.06. The van der Waals surface area contributed by atoms with E-state index in [4.69, 9.17) is 4.74 Å². The summed E-state index contributed by atoms with van der Waals surface area (Å²) in [6.45, 7) is 2.17. The Balaban J connectivity index is 1.56. The first-order valence-electron chi connectivity index (χ1n) is 9.22. The molecule has 3 aromatic rings. The summed E-state index contributed by atoms with van der Waals surface area (Å²) in [4.78, 5) is 48.6. The minimum atomic E-state index is -0.700. The van der Waals surface area contributed by atoms with Crippen molar-refractivity contribution in [3.8, 4) is 0 Å². The average molecular weight is 415 g/mol. The van der Waals surface area contributed by atoms with Crippen LogP contribution in [0.4, 0.5) is 0 Å². The van der Waals surface area contributed by atoms with E-state index in [0.717, 1.165) is 17.5 Å². The van der Waals surface area contributed by atoms with Crippen LogP contribution in [-0.4, -0.2) is 33.5 Å². The molecule has 0 aliphatic carbocycles. The van der Waals surface area contributed by atoms with E-state index in [0.29, 0.717) is 11.4 Å². The number of hydrogen-bond acceptors (Lipinski definition) is 6. The number of imidazole rings is 1. The lowest BCUT2D eigenvalue weighted by atomic mass is 10.3. The van der Waals surface area contributed by atoms with Gasteiger partial charge >= 0.3 is 11.7 Å². The predicted molar refractivity (Wildman–Crippen MR) is 109 cm³/mol. The second kappa shape index (κ2) is 9.33. The van der Waals surface area contributed by atoms with E-state index in [1.54, 1.807) is 22.1 Å². The summed E-state index contributed by atoms with van der Waals surface area (Å²) in [5.41, 5.74) is 1.39. The molecule has 0 aliphatic heterocycles. The van der Waals surface area contributed by atoms with Crippen molar-refractivity contribution in [1.29, 1.82) is 0 Å². The number of esters is 1. The van der Waals surface area contributed by atoms with Crippen LogP contribution in [0.5, 0.6) is 0 Å². The third kappa shape index (κ3) is 4.80. The average Bonchev–Trinajstić information content (AvgIpc) is 3.33. The SMILES string of the molecule is CCCn1c(=O)n(CCC(=O)OCC(=O)NC(=O)c2cccs2)c2ccccc21. The fourth-order valence-corrected chi connectivity index (χ4v) is 3.60. The Hall–Kier alpha value is -3.20. The van der Waals surface area contributed by atoms with E-state index >= 15 is 0 Å². The van der Waals surface area contributed by atoms with Crippen LogP contribution >= 0.6 is 11.3 Å². The molecule has 0 radical (unpaired) electrons. The van der Waals surface area contributed by atoms with Crippen molar-refractivity contribution in [3.63, 3.8) is 0 Å². The van der Waals surface area contributed by atoms with E-state index in [-0.39, 0.29) is 18.7 Å². The molecule has 1 N–H and O–H groups in total. The molecule has 2 amide bonds. The number of nitrogens with one attached hydrogen (secondary N) is 1. The maximum atomic E-state index is 12.7. The normalized spacial score (nSPS) is 10.8. The lowest BCUT2D eigenvalue weighted by molar-refractivity contribution is -0.148. The molecule has 0 fully saturated rings. The molecule has 2 aromatic heterocycles. The summed E-state index contributed by atoms with van der Waals surface area (Å²) < 4.78 is 8.15. The van der Waals surface area contributed by atoms with Gasteiger partial charge in [-0.05, 0) is 30.0 Å². The first kappa shape index (κ1) is 20.5. The molecule has 0 saturated heterocycles. The molecule has 9 heteroatoms. The summed E-state index contributed by atoms with van der Waals surface area (Å²) in [7, 11) is 0. The van der Waals surface area contributed by atoms with Gasteiger partial charge < -0.3 is 4.74 Å². The van der Waals surface area contributed by atoms with Gasteiger partial charge in [0.1, 0.15) is 0 Å². The first-order valence-corrected chi connectivity index (χ1v) is 10.1. The lowest BCUT2D eigenvalue weighted by Crippen LogP contribution is -2.34. The highest BCUT2D eigenvalue weighted by molar-refractivity contribution is 7.12. The van der Waals surface area contributed by atoms with Crippen molar-refractivity contribution in [2.24, 2.45) is 0 Å². The Labute approximate surface area is 170 Å². The number of benzene rings is 1. The maximum Gasteiger partial charge on any atom is 0.329 e. The number of ether oxygens (including phenoxy) is 1. The Bertz CT molecular complexity index is 1080. The molecule has 0 spiro atoms. The largest absolute Gasteiger partial charge is 0.456 e. The molecule has 152 valence electrons. The van der Waals surface area contributed by atoms with Crippen LogP contribution in [0, 0.1) is 0 Å². The predicted octanol–water partition coefficient (Wildman–Crippen LogP) is 2.16. The number of fused-ring (bicyclic) bond motifs is 1. The number of imide groups is 1. The van der Waals surface area contributed by atoms with E-state index < -0.39 is 24.4 Å². The van der Waals surface area contributed by atoms with E-state index in [2.05, 4.69) is 5.32 Å². The highest BCUT2D eigenvalue weighted by atomic mass is 32.1. The van der Waals surface area contributed by atoms with Crippen molar-refractivity contribution >= 4 is 40.2 Å². The first-order chi connectivity index (χ1) is 14.0. The molecule has 0 atom stereocenters. The molecule has 29 heavy (non-hydrogen) atoms. The van der Waals surface area contributed by atoms with Gasteiger partial charge in [0, 0.05) is 13.1 Å². The quantitative estimate of drug-likeness (QED) is 0.569. The van der Waals surface area contributed by atoms with Crippen molar-refractivity contribution in [2.45, 2.75) is 32.9 Å². The molecule has 0 aliphatic rings. The van der Waals surface area contributed by atoms with Crippen molar-refractivity contribution in [1.82, 2.24) is 14.5 Å². The van der Waals surface area contributed by atoms with Crippen molar-refractivity contribution in [3.05, 3.63) is 57.1 Å². The van der Waals surface area contributed by atoms with Crippen molar-refractivity contribution in [2.75, 3.05) is 6.61 Å². The zero-order valence-corrected chi connectivity index (χ0v) is 16.7. The molecule has 0 unspecified atom stereocenters. The van der Waals surface area contributed by atoms with E-state index in [1.807, 2.05) is 31.2 Å². The number of thiophene rings is 1. The smallest absolute Gasteiger partial charge is 0.329 e. The van der Waals surface area contributed by atoms with E-state index in [9.17, 15) is 19.2 Å². The van der Waals surface area contributed by atoms with Crippen LogP contribution in [0.3, 0.4) is 0 Å². The number of nitrogens with zero attached hydrogens (tertiary/aromatic N) is 2. The third-order valence-electron chi connectivity index (χ3n) is 4.27. The van der Waals surface area contributed by atoms with Crippen LogP contribution < -0.4 is 11.0 Å². The molecule has 1 aromatic carbocycles. The van der Waals surface area contributed by atoms with Gasteiger partial charge in [0.25, 0.3) is 11.8 Å². The van der Waals surface area contributed by atoms with Gasteiger partial charge in [0.05, 0.1) is 22.3 Å². The van der Waals surface area contributed by atoms with Gasteiger partial charge in [-0.15, -0.1) is 11.3 Å². The number of aromatic nitrogens is 2. The Morgan fingerprint density at radius 3 is 2.34 bits per heavy atom.